The number of hydrogen-bond donors (Lipinski definition) is 2. The molecule has 8 heteroatoms. The molecule has 0 saturated heterocycles. The lowest BCUT2D eigenvalue weighted by Crippen LogP contribution is -2.42. The summed E-state index contributed by atoms with van der Waals surface area (Å²) in [5, 5.41) is 2.37. The molecular formula is C14H11ClN2O4S. The van der Waals surface area contributed by atoms with Gasteiger partial charge in [0, 0.05) is 10.6 Å². The van der Waals surface area contributed by atoms with E-state index in [1.807, 2.05) is 5.32 Å². The summed E-state index contributed by atoms with van der Waals surface area (Å²) in [6, 6.07) is 12.0. The summed E-state index contributed by atoms with van der Waals surface area (Å²) in [6.07, 6.45) is 0. The van der Waals surface area contributed by atoms with Gasteiger partial charge >= 0.3 is 6.03 Å². The van der Waals surface area contributed by atoms with Gasteiger partial charge in [-0.15, -0.1) is 0 Å². The summed E-state index contributed by atoms with van der Waals surface area (Å²) in [5.41, 5.74) is 0.177. The lowest BCUT2D eigenvalue weighted by Gasteiger charge is -2.08. The van der Waals surface area contributed by atoms with E-state index in [1.165, 1.54) is 48.5 Å². The summed E-state index contributed by atoms with van der Waals surface area (Å²) >= 11 is 5.69. The van der Waals surface area contributed by atoms with Gasteiger partial charge in [0.15, 0.2) is 0 Å². The van der Waals surface area contributed by atoms with Gasteiger partial charge in [0.25, 0.3) is 15.9 Å². The molecule has 0 aliphatic heterocycles. The molecule has 2 aromatic rings. The van der Waals surface area contributed by atoms with Crippen LogP contribution in [0.4, 0.5) is 4.79 Å². The number of urea groups is 1. The van der Waals surface area contributed by atoms with Crippen LogP contribution in [-0.4, -0.2) is 20.4 Å². The highest BCUT2D eigenvalue weighted by Gasteiger charge is 2.19. The fourth-order valence-corrected chi connectivity index (χ4v) is 2.64. The van der Waals surface area contributed by atoms with E-state index in [2.05, 4.69) is 0 Å². The van der Waals surface area contributed by atoms with Crippen LogP contribution in [0.5, 0.6) is 0 Å². The van der Waals surface area contributed by atoms with E-state index >= 15 is 0 Å². The molecule has 0 spiro atoms. The van der Waals surface area contributed by atoms with Gasteiger partial charge in [-0.1, -0.05) is 29.8 Å². The SMILES string of the molecule is O=C(NC(=O)c1ccc(Cl)cc1)NS(=O)(=O)c1ccccc1. The van der Waals surface area contributed by atoms with Crippen molar-refractivity contribution in [2.75, 3.05) is 0 Å². The molecule has 114 valence electrons. The number of imide groups is 1. The smallest absolute Gasteiger partial charge is 0.273 e. The molecule has 0 atom stereocenters. The first-order chi connectivity index (χ1) is 10.4. The summed E-state index contributed by atoms with van der Waals surface area (Å²) in [4.78, 5) is 23.3. The van der Waals surface area contributed by atoms with Crippen LogP contribution in [0.15, 0.2) is 59.5 Å². The third kappa shape index (κ3) is 4.06. The Morgan fingerprint density at radius 1 is 0.909 bits per heavy atom. The first-order valence-corrected chi connectivity index (χ1v) is 7.93. The number of amides is 3. The van der Waals surface area contributed by atoms with Crippen molar-refractivity contribution in [2.24, 2.45) is 0 Å². The van der Waals surface area contributed by atoms with Crippen LogP contribution in [-0.2, 0) is 10.0 Å². The largest absolute Gasteiger partial charge is 0.335 e. The lowest BCUT2D eigenvalue weighted by atomic mass is 10.2. The van der Waals surface area contributed by atoms with Crippen LogP contribution in [0, 0.1) is 0 Å². The number of carbonyl (C=O) groups is 2. The van der Waals surface area contributed by atoms with Gasteiger partial charge < -0.3 is 0 Å². The molecule has 0 aliphatic carbocycles. The van der Waals surface area contributed by atoms with Gasteiger partial charge in [-0.05, 0) is 36.4 Å². The average Bonchev–Trinajstić information content (AvgIpc) is 2.48. The zero-order valence-corrected chi connectivity index (χ0v) is 12.7. The Kier molecular flexibility index (Phi) is 4.79. The summed E-state index contributed by atoms with van der Waals surface area (Å²) in [7, 11) is -4.03. The minimum Gasteiger partial charge on any atom is -0.273 e. The molecule has 2 N–H and O–H groups in total. The number of benzene rings is 2. The van der Waals surface area contributed by atoms with E-state index in [0.717, 1.165) is 0 Å². The predicted octanol–water partition coefficient (Wildman–Crippen LogP) is 2.17. The van der Waals surface area contributed by atoms with Gasteiger partial charge in [-0.2, -0.15) is 0 Å². The maximum atomic E-state index is 11.9. The first-order valence-electron chi connectivity index (χ1n) is 6.07. The number of rotatable bonds is 3. The number of nitrogens with one attached hydrogen (secondary N) is 2. The lowest BCUT2D eigenvalue weighted by molar-refractivity contribution is 0.0965. The van der Waals surface area contributed by atoms with E-state index < -0.39 is 22.0 Å². The Labute approximate surface area is 132 Å². The van der Waals surface area contributed by atoms with Crippen molar-refractivity contribution in [3.63, 3.8) is 0 Å². The average molecular weight is 339 g/mol. The van der Waals surface area contributed by atoms with Crippen molar-refractivity contribution in [3.8, 4) is 0 Å². The monoisotopic (exact) mass is 338 g/mol. The number of sulfonamides is 1. The Morgan fingerprint density at radius 3 is 2.09 bits per heavy atom. The normalized spacial score (nSPS) is 10.8. The zero-order chi connectivity index (χ0) is 16.2. The van der Waals surface area contributed by atoms with E-state index in [4.69, 9.17) is 11.6 Å². The molecule has 2 rings (SSSR count). The van der Waals surface area contributed by atoms with Crippen LogP contribution < -0.4 is 10.0 Å². The molecule has 22 heavy (non-hydrogen) atoms. The van der Waals surface area contributed by atoms with Crippen LogP contribution in [0.2, 0.25) is 5.02 Å². The molecule has 2 aromatic carbocycles. The Morgan fingerprint density at radius 2 is 1.50 bits per heavy atom. The quantitative estimate of drug-likeness (QED) is 0.897. The van der Waals surface area contributed by atoms with E-state index in [0.29, 0.717) is 5.02 Å². The van der Waals surface area contributed by atoms with Crippen LogP contribution in [0.25, 0.3) is 0 Å². The van der Waals surface area contributed by atoms with Crippen molar-refractivity contribution in [1.29, 1.82) is 0 Å². The molecule has 0 radical (unpaired) electrons. The molecule has 0 unspecified atom stereocenters. The Hall–Kier alpha value is -2.38. The highest BCUT2D eigenvalue weighted by atomic mass is 35.5. The molecule has 0 fully saturated rings. The van der Waals surface area contributed by atoms with Crippen molar-refractivity contribution in [3.05, 3.63) is 65.2 Å². The standard InChI is InChI=1S/C14H11ClN2O4S/c15-11-8-6-10(7-9-11)13(18)16-14(19)17-22(20,21)12-4-2-1-3-5-12/h1-9H,(H2,16,17,18,19). The van der Waals surface area contributed by atoms with Crippen LogP contribution >= 0.6 is 11.6 Å². The van der Waals surface area contributed by atoms with E-state index in [9.17, 15) is 18.0 Å². The fourth-order valence-electron chi connectivity index (χ4n) is 1.58. The second kappa shape index (κ2) is 6.59. The third-order valence-electron chi connectivity index (χ3n) is 2.61. The van der Waals surface area contributed by atoms with Crippen LogP contribution in [0.3, 0.4) is 0 Å². The molecule has 0 saturated carbocycles. The molecular weight excluding hydrogens is 328 g/mol. The number of halogens is 1. The van der Waals surface area contributed by atoms with E-state index in [-0.39, 0.29) is 10.5 Å². The highest BCUT2D eigenvalue weighted by molar-refractivity contribution is 7.90. The second-order valence-corrected chi connectivity index (χ2v) is 6.33. The van der Waals surface area contributed by atoms with Crippen LogP contribution in [0.1, 0.15) is 10.4 Å². The van der Waals surface area contributed by atoms with Gasteiger partial charge in [0.2, 0.25) is 0 Å². The predicted molar refractivity (Wildman–Crippen MR) is 81.1 cm³/mol. The van der Waals surface area contributed by atoms with Crippen molar-refractivity contribution in [1.82, 2.24) is 10.0 Å². The summed E-state index contributed by atoms with van der Waals surface area (Å²) in [6.45, 7) is 0. The first kappa shape index (κ1) is 16.0. The minimum atomic E-state index is -4.03. The zero-order valence-electron chi connectivity index (χ0n) is 11.1. The maximum Gasteiger partial charge on any atom is 0.335 e. The summed E-state index contributed by atoms with van der Waals surface area (Å²) in [5.74, 6) is -0.738. The van der Waals surface area contributed by atoms with Crippen molar-refractivity contribution < 1.29 is 18.0 Å². The summed E-state index contributed by atoms with van der Waals surface area (Å²) < 4.78 is 25.6. The second-order valence-electron chi connectivity index (χ2n) is 4.21. The van der Waals surface area contributed by atoms with Crippen molar-refractivity contribution in [2.45, 2.75) is 4.90 Å². The Bertz CT molecular complexity index is 789. The molecule has 0 bridgehead atoms. The Balaban J connectivity index is 2.04. The third-order valence-corrected chi connectivity index (χ3v) is 4.21. The molecule has 0 aliphatic rings. The topological polar surface area (TPSA) is 92.3 Å². The van der Waals surface area contributed by atoms with Gasteiger partial charge in [-0.3, -0.25) is 10.1 Å². The number of hydrogen-bond acceptors (Lipinski definition) is 4. The minimum absolute atomic E-state index is 0.0795. The molecule has 3 amide bonds. The van der Waals surface area contributed by atoms with Crippen molar-refractivity contribution >= 4 is 33.6 Å². The van der Waals surface area contributed by atoms with Gasteiger partial charge in [0.05, 0.1) is 4.90 Å². The highest BCUT2D eigenvalue weighted by Crippen LogP contribution is 2.09. The van der Waals surface area contributed by atoms with E-state index in [1.54, 1.807) is 10.8 Å². The van der Waals surface area contributed by atoms with Gasteiger partial charge in [0.1, 0.15) is 0 Å². The molecule has 6 nitrogen and oxygen atoms in total. The van der Waals surface area contributed by atoms with Gasteiger partial charge in [-0.25, -0.2) is 17.9 Å². The fraction of sp³-hybridized carbons (Fsp3) is 0. The maximum absolute atomic E-state index is 11.9. The molecule has 0 aromatic heterocycles. The number of carbonyl (C=O) groups excluding carboxylic acids is 2. The molecule has 0 heterocycles.